The summed E-state index contributed by atoms with van der Waals surface area (Å²) in [6.07, 6.45) is 5.61. The number of aromatic nitrogens is 2. The number of nitrogens with zero attached hydrogens (tertiary/aromatic N) is 1. The van der Waals surface area contributed by atoms with E-state index < -0.39 is 0 Å². The predicted molar refractivity (Wildman–Crippen MR) is 120 cm³/mol. The number of H-pyrrole nitrogens is 1. The standard InChI is InChI=1S/C25H27N3O2/c1-30-14-13-28-16-17(18-7-3-5-12-23(18)28)15-24(29)26-22-11-6-9-20-19-8-2-4-10-21(19)27-25(20)22/h2-5,7-8,10,12,16,22,27H,6,9,11,13-15H2,1H3,(H,26,29). The van der Waals surface area contributed by atoms with Gasteiger partial charge in [-0.2, -0.15) is 0 Å². The minimum Gasteiger partial charge on any atom is -0.383 e. The molecular weight excluding hydrogens is 374 g/mol. The number of hydrogen-bond acceptors (Lipinski definition) is 2. The monoisotopic (exact) mass is 401 g/mol. The van der Waals surface area contributed by atoms with E-state index in [-0.39, 0.29) is 11.9 Å². The number of carbonyl (C=O) groups excluding carboxylic acids is 1. The zero-order valence-corrected chi connectivity index (χ0v) is 17.3. The van der Waals surface area contributed by atoms with Crippen LogP contribution in [-0.2, 0) is 28.9 Å². The Balaban J connectivity index is 1.38. The third kappa shape index (κ3) is 3.39. The van der Waals surface area contributed by atoms with E-state index in [1.54, 1.807) is 7.11 Å². The molecule has 0 saturated heterocycles. The molecule has 5 rings (SSSR count). The van der Waals surface area contributed by atoms with Crippen molar-refractivity contribution in [3.05, 3.63) is 71.5 Å². The van der Waals surface area contributed by atoms with Crippen molar-refractivity contribution in [1.29, 1.82) is 0 Å². The molecule has 1 amide bonds. The Labute approximate surface area is 176 Å². The molecule has 1 atom stereocenters. The first-order valence-electron chi connectivity index (χ1n) is 10.7. The van der Waals surface area contributed by atoms with Gasteiger partial charge in [0, 0.05) is 47.4 Å². The minimum atomic E-state index is 0.0514. The molecule has 5 heteroatoms. The van der Waals surface area contributed by atoms with Gasteiger partial charge in [0.05, 0.1) is 19.1 Å². The quantitative estimate of drug-likeness (QED) is 0.500. The zero-order valence-electron chi connectivity index (χ0n) is 17.3. The van der Waals surface area contributed by atoms with Crippen molar-refractivity contribution in [3.8, 4) is 0 Å². The number of ether oxygens (including phenoxy) is 1. The van der Waals surface area contributed by atoms with Gasteiger partial charge in [0.15, 0.2) is 0 Å². The second-order valence-corrected chi connectivity index (χ2v) is 8.11. The third-order valence-electron chi connectivity index (χ3n) is 6.21. The Morgan fingerprint density at radius 3 is 2.83 bits per heavy atom. The molecule has 0 bridgehead atoms. The van der Waals surface area contributed by atoms with E-state index in [1.807, 2.05) is 12.1 Å². The highest BCUT2D eigenvalue weighted by molar-refractivity contribution is 5.90. The summed E-state index contributed by atoms with van der Waals surface area (Å²) in [5.74, 6) is 0.0705. The second-order valence-electron chi connectivity index (χ2n) is 8.11. The Kier molecular flexibility index (Phi) is 5.05. The Morgan fingerprint density at radius 1 is 1.17 bits per heavy atom. The van der Waals surface area contributed by atoms with E-state index in [2.05, 4.69) is 57.5 Å². The fraction of sp³-hybridized carbons (Fsp3) is 0.320. The molecule has 5 nitrogen and oxygen atoms in total. The maximum Gasteiger partial charge on any atom is 0.225 e. The van der Waals surface area contributed by atoms with Crippen LogP contribution in [-0.4, -0.2) is 29.2 Å². The molecule has 0 radical (unpaired) electrons. The van der Waals surface area contributed by atoms with Gasteiger partial charge in [-0.15, -0.1) is 0 Å². The van der Waals surface area contributed by atoms with Crippen LogP contribution < -0.4 is 5.32 Å². The molecule has 1 aliphatic rings. The lowest BCUT2D eigenvalue weighted by atomic mass is 9.91. The lowest BCUT2D eigenvalue weighted by molar-refractivity contribution is -0.121. The maximum atomic E-state index is 13.0. The van der Waals surface area contributed by atoms with Gasteiger partial charge in [-0.25, -0.2) is 0 Å². The van der Waals surface area contributed by atoms with E-state index in [9.17, 15) is 4.79 Å². The highest BCUT2D eigenvalue weighted by Crippen LogP contribution is 2.34. The first-order chi connectivity index (χ1) is 14.7. The summed E-state index contributed by atoms with van der Waals surface area (Å²) < 4.78 is 7.42. The van der Waals surface area contributed by atoms with Crippen molar-refractivity contribution >= 4 is 27.7 Å². The third-order valence-corrected chi connectivity index (χ3v) is 6.21. The van der Waals surface area contributed by atoms with Crippen LogP contribution >= 0.6 is 0 Å². The van der Waals surface area contributed by atoms with Crippen molar-refractivity contribution in [2.75, 3.05) is 13.7 Å². The topological polar surface area (TPSA) is 59.0 Å². The number of aromatic amines is 1. The number of amides is 1. The smallest absolute Gasteiger partial charge is 0.225 e. The van der Waals surface area contributed by atoms with E-state index in [1.165, 1.54) is 16.6 Å². The van der Waals surface area contributed by atoms with Gasteiger partial charge in [0.1, 0.15) is 0 Å². The van der Waals surface area contributed by atoms with Crippen molar-refractivity contribution in [3.63, 3.8) is 0 Å². The van der Waals surface area contributed by atoms with Crippen LogP contribution in [0.3, 0.4) is 0 Å². The summed E-state index contributed by atoms with van der Waals surface area (Å²) in [5.41, 5.74) is 5.90. The summed E-state index contributed by atoms with van der Waals surface area (Å²) in [6, 6.07) is 16.7. The number of benzene rings is 2. The summed E-state index contributed by atoms with van der Waals surface area (Å²) in [5, 5.41) is 5.72. The molecule has 0 spiro atoms. The van der Waals surface area contributed by atoms with Crippen LogP contribution in [0.2, 0.25) is 0 Å². The molecule has 30 heavy (non-hydrogen) atoms. The molecule has 1 unspecified atom stereocenters. The molecule has 1 aliphatic carbocycles. The molecule has 0 aliphatic heterocycles. The number of aryl methyl sites for hydroxylation is 1. The van der Waals surface area contributed by atoms with Gasteiger partial charge in [-0.05, 0) is 42.5 Å². The first kappa shape index (κ1) is 18.9. The molecule has 0 saturated carbocycles. The van der Waals surface area contributed by atoms with Crippen LogP contribution in [0.25, 0.3) is 21.8 Å². The highest BCUT2D eigenvalue weighted by atomic mass is 16.5. The van der Waals surface area contributed by atoms with Crippen LogP contribution in [0.5, 0.6) is 0 Å². The van der Waals surface area contributed by atoms with Crippen LogP contribution in [0.4, 0.5) is 0 Å². The molecular formula is C25H27N3O2. The van der Waals surface area contributed by atoms with E-state index in [4.69, 9.17) is 4.74 Å². The SMILES string of the molecule is COCCn1cc(CC(=O)NC2CCCc3c2[nH]c2ccccc32)c2ccccc21. The largest absolute Gasteiger partial charge is 0.383 e. The van der Waals surface area contributed by atoms with Gasteiger partial charge in [0.2, 0.25) is 5.91 Å². The van der Waals surface area contributed by atoms with E-state index >= 15 is 0 Å². The van der Waals surface area contributed by atoms with Crippen molar-refractivity contribution in [2.24, 2.45) is 0 Å². The summed E-state index contributed by atoms with van der Waals surface area (Å²) in [6.45, 7) is 1.43. The van der Waals surface area contributed by atoms with Gasteiger partial charge in [0.25, 0.3) is 0 Å². The second kappa shape index (κ2) is 8.00. The average molecular weight is 402 g/mol. The number of fused-ring (bicyclic) bond motifs is 4. The highest BCUT2D eigenvalue weighted by Gasteiger charge is 2.25. The van der Waals surface area contributed by atoms with Crippen molar-refractivity contribution < 1.29 is 9.53 Å². The van der Waals surface area contributed by atoms with Gasteiger partial charge in [-0.3, -0.25) is 4.79 Å². The molecule has 2 heterocycles. The molecule has 0 fully saturated rings. The van der Waals surface area contributed by atoms with Gasteiger partial charge < -0.3 is 19.6 Å². The summed E-state index contributed by atoms with van der Waals surface area (Å²) in [7, 11) is 1.71. The van der Waals surface area contributed by atoms with Gasteiger partial charge >= 0.3 is 0 Å². The van der Waals surface area contributed by atoms with Crippen LogP contribution in [0, 0.1) is 0 Å². The lowest BCUT2D eigenvalue weighted by Gasteiger charge is -2.24. The molecule has 2 aromatic heterocycles. The maximum absolute atomic E-state index is 13.0. The summed E-state index contributed by atoms with van der Waals surface area (Å²) in [4.78, 5) is 16.6. The van der Waals surface area contributed by atoms with Crippen LogP contribution in [0.15, 0.2) is 54.7 Å². The molecule has 4 aromatic rings. The summed E-state index contributed by atoms with van der Waals surface area (Å²) >= 11 is 0. The first-order valence-corrected chi connectivity index (χ1v) is 10.7. The van der Waals surface area contributed by atoms with Crippen LogP contribution in [0.1, 0.15) is 35.7 Å². The van der Waals surface area contributed by atoms with E-state index in [0.29, 0.717) is 13.0 Å². The lowest BCUT2D eigenvalue weighted by Crippen LogP contribution is -2.32. The Morgan fingerprint density at radius 2 is 1.97 bits per heavy atom. The molecule has 2 aromatic carbocycles. The number of nitrogens with one attached hydrogen (secondary N) is 2. The number of rotatable bonds is 6. The fourth-order valence-electron chi connectivity index (χ4n) is 4.82. The fourth-order valence-corrected chi connectivity index (χ4v) is 4.82. The molecule has 154 valence electrons. The number of hydrogen-bond donors (Lipinski definition) is 2. The number of para-hydroxylation sites is 2. The normalized spacial score (nSPS) is 16.1. The average Bonchev–Trinajstić information content (AvgIpc) is 3.32. The Hall–Kier alpha value is -3.05. The van der Waals surface area contributed by atoms with Crippen molar-refractivity contribution in [1.82, 2.24) is 14.9 Å². The zero-order chi connectivity index (χ0) is 20.5. The van der Waals surface area contributed by atoms with Crippen molar-refractivity contribution in [2.45, 2.75) is 38.3 Å². The predicted octanol–water partition coefficient (Wildman–Crippen LogP) is 4.51. The van der Waals surface area contributed by atoms with E-state index in [0.717, 1.165) is 47.8 Å². The number of methoxy groups -OCH3 is 1. The number of carbonyl (C=O) groups is 1. The minimum absolute atomic E-state index is 0.0514. The van der Waals surface area contributed by atoms with Gasteiger partial charge in [-0.1, -0.05) is 36.4 Å². The molecule has 2 N–H and O–H groups in total. The Bertz CT molecular complexity index is 1200.